The van der Waals surface area contributed by atoms with Gasteiger partial charge in [-0.3, -0.25) is 4.79 Å². The van der Waals surface area contributed by atoms with E-state index < -0.39 is 10.0 Å². The Hall–Kier alpha value is -2.53. The van der Waals surface area contributed by atoms with Crippen LogP contribution in [0.25, 0.3) is 0 Å². The van der Waals surface area contributed by atoms with Crippen LogP contribution >= 0.6 is 23.2 Å². The molecule has 0 aromatic heterocycles. The van der Waals surface area contributed by atoms with Gasteiger partial charge in [-0.1, -0.05) is 29.3 Å². The maximum absolute atomic E-state index is 13.5. The lowest BCUT2D eigenvalue weighted by atomic mass is 9.93. The van der Waals surface area contributed by atoms with Gasteiger partial charge in [-0.15, -0.1) is 0 Å². The van der Waals surface area contributed by atoms with Crippen molar-refractivity contribution in [1.29, 1.82) is 0 Å². The van der Waals surface area contributed by atoms with E-state index in [1.165, 1.54) is 10.6 Å². The van der Waals surface area contributed by atoms with Crippen molar-refractivity contribution < 1.29 is 18.0 Å². The molecule has 2 fully saturated rings. The number of hydrogen-bond donors (Lipinski definition) is 0. The number of likely N-dealkylation sites (N-methyl/N-ethyl adjacent to an activating group) is 1. The molecular weight excluding hydrogens is 549 g/mol. The molecule has 38 heavy (non-hydrogen) atoms. The number of halogens is 2. The van der Waals surface area contributed by atoms with E-state index in [1.54, 1.807) is 33.9 Å². The van der Waals surface area contributed by atoms with Crippen LogP contribution in [0.3, 0.4) is 0 Å². The Morgan fingerprint density at radius 3 is 2.05 bits per heavy atom. The van der Waals surface area contributed by atoms with E-state index in [0.29, 0.717) is 41.8 Å². The molecule has 2 aliphatic rings. The van der Waals surface area contributed by atoms with Gasteiger partial charge in [-0.05, 0) is 42.0 Å². The van der Waals surface area contributed by atoms with Crippen LogP contribution in [0.5, 0.6) is 0 Å². The second-order valence-electron chi connectivity index (χ2n) is 10.0. The highest BCUT2D eigenvalue weighted by Crippen LogP contribution is 2.35. The summed E-state index contributed by atoms with van der Waals surface area (Å²) >= 11 is 12.5. The second-order valence-corrected chi connectivity index (χ2v) is 12.8. The zero-order chi connectivity index (χ0) is 27.8. The molecule has 2 aromatic carbocycles. The predicted molar refractivity (Wildman–Crippen MR) is 151 cm³/mol. The number of urea groups is 1. The summed E-state index contributed by atoms with van der Waals surface area (Å²) in [5.41, 5.74) is 2.45. The zero-order valence-corrected chi connectivity index (χ0v) is 24.3. The lowest BCUT2D eigenvalue weighted by Gasteiger charge is -2.35. The minimum Gasteiger partial charge on any atom is -0.378 e. The van der Waals surface area contributed by atoms with E-state index >= 15 is 0 Å². The van der Waals surface area contributed by atoms with Crippen molar-refractivity contribution in [3.8, 4) is 0 Å². The highest BCUT2D eigenvalue weighted by Gasteiger charge is 2.42. The van der Waals surface area contributed by atoms with Gasteiger partial charge >= 0.3 is 6.03 Å². The number of carbonyl (C=O) groups excluding carboxylic acids is 2. The smallest absolute Gasteiger partial charge is 0.320 e. The number of anilines is 1. The molecule has 12 heteroatoms. The molecule has 9 nitrogen and oxygen atoms in total. The summed E-state index contributed by atoms with van der Waals surface area (Å²) < 4.78 is 25.1. The third-order valence-corrected chi connectivity index (χ3v) is 9.40. The van der Waals surface area contributed by atoms with Gasteiger partial charge in [0.15, 0.2) is 0 Å². The van der Waals surface area contributed by atoms with Gasteiger partial charge in [0.1, 0.15) is 0 Å². The first kappa shape index (κ1) is 28.5. The summed E-state index contributed by atoms with van der Waals surface area (Å²) in [6.45, 7) is 1.90. The normalized spacial score (nSPS) is 20.5. The molecule has 2 heterocycles. The summed E-state index contributed by atoms with van der Waals surface area (Å²) in [5.74, 6) is -0.317. The molecule has 206 valence electrons. The van der Waals surface area contributed by atoms with Crippen LogP contribution in [-0.4, -0.2) is 112 Å². The molecule has 0 aliphatic carbocycles. The fourth-order valence-electron chi connectivity index (χ4n) is 5.07. The largest absolute Gasteiger partial charge is 0.378 e. The van der Waals surface area contributed by atoms with Crippen LogP contribution in [0, 0.1) is 0 Å². The fraction of sp³-hybridized carbons (Fsp3) is 0.462. The number of benzene rings is 2. The maximum atomic E-state index is 13.5. The van der Waals surface area contributed by atoms with Crippen molar-refractivity contribution in [1.82, 2.24) is 19.0 Å². The van der Waals surface area contributed by atoms with Crippen LogP contribution in [-0.2, 0) is 10.0 Å². The first-order valence-electron chi connectivity index (χ1n) is 12.3. The van der Waals surface area contributed by atoms with Crippen LogP contribution < -0.4 is 4.90 Å². The average Bonchev–Trinajstić information content (AvgIpc) is 3.34. The van der Waals surface area contributed by atoms with Crippen molar-refractivity contribution in [2.75, 3.05) is 71.6 Å². The highest BCUT2D eigenvalue weighted by atomic mass is 35.5. The summed E-state index contributed by atoms with van der Waals surface area (Å²) in [6.07, 6.45) is 1.18. The Bertz CT molecular complexity index is 1300. The molecule has 2 saturated heterocycles. The quantitative estimate of drug-likeness (QED) is 0.541. The number of likely N-dealkylation sites (tertiary alicyclic amines) is 1. The van der Waals surface area contributed by atoms with Crippen molar-refractivity contribution in [3.63, 3.8) is 0 Å². The summed E-state index contributed by atoms with van der Waals surface area (Å²) in [6, 6.07) is 12.4. The molecule has 0 radical (unpaired) electrons. The fourth-order valence-corrected chi connectivity index (χ4v) is 6.21. The summed E-state index contributed by atoms with van der Waals surface area (Å²) in [5, 5.41) is 0.852. The Morgan fingerprint density at radius 2 is 1.50 bits per heavy atom. The van der Waals surface area contributed by atoms with E-state index in [9.17, 15) is 18.0 Å². The molecule has 0 saturated carbocycles. The molecule has 0 unspecified atom stereocenters. The lowest BCUT2D eigenvalue weighted by Crippen LogP contribution is -2.53. The number of amides is 3. The molecule has 0 bridgehead atoms. The van der Waals surface area contributed by atoms with E-state index in [4.69, 9.17) is 23.2 Å². The van der Waals surface area contributed by atoms with Gasteiger partial charge in [0, 0.05) is 77.6 Å². The second kappa shape index (κ2) is 11.3. The maximum Gasteiger partial charge on any atom is 0.320 e. The number of sulfonamides is 1. The van der Waals surface area contributed by atoms with Crippen molar-refractivity contribution in [2.24, 2.45) is 0 Å². The first-order chi connectivity index (χ1) is 17.9. The molecule has 0 spiro atoms. The Balaban J connectivity index is 1.56. The van der Waals surface area contributed by atoms with E-state index in [1.807, 2.05) is 49.3 Å². The Kier molecular flexibility index (Phi) is 8.46. The van der Waals surface area contributed by atoms with E-state index in [-0.39, 0.29) is 37.0 Å². The number of nitrogens with zero attached hydrogens (tertiary/aromatic N) is 5. The summed E-state index contributed by atoms with van der Waals surface area (Å²) in [4.78, 5) is 34.1. The first-order valence-corrected chi connectivity index (χ1v) is 15.0. The minimum atomic E-state index is -3.30. The lowest BCUT2D eigenvalue weighted by molar-refractivity contribution is 0.0723. The molecule has 2 aromatic rings. The highest BCUT2D eigenvalue weighted by molar-refractivity contribution is 7.88. The van der Waals surface area contributed by atoms with E-state index in [2.05, 4.69) is 0 Å². The van der Waals surface area contributed by atoms with Gasteiger partial charge in [-0.25, -0.2) is 13.2 Å². The van der Waals surface area contributed by atoms with Crippen LogP contribution in [0.1, 0.15) is 21.8 Å². The van der Waals surface area contributed by atoms with Crippen LogP contribution in [0.4, 0.5) is 10.5 Å². The molecule has 2 aliphatic heterocycles. The molecule has 3 amide bonds. The van der Waals surface area contributed by atoms with Gasteiger partial charge in [0.25, 0.3) is 5.91 Å². The SMILES string of the molecule is CN(C)c1ccc(C(=O)N(C)[C@@H]2CN(C(=O)N3CCN(S(C)(=O)=O)CC3)C[C@H]2c2ccc(Cl)c(Cl)c2)cc1. The van der Waals surface area contributed by atoms with Crippen LogP contribution in [0.15, 0.2) is 42.5 Å². The summed E-state index contributed by atoms with van der Waals surface area (Å²) in [7, 11) is 2.34. The number of hydrogen-bond acceptors (Lipinski definition) is 5. The van der Waals surface area contributed by atoms with Gasteiger partial charge in [0.2, 0.25) is 10.0 Å². The minimum absolute atomic E-state index is 0.138. The third-order valence-electron chi connectivity index (χ3n) is 7.36. The number of rotatable bonds is 5. The number of piperazine rings is 1. The Morgan fingerprint density at radius 1 is 0.868 bits per heavy atom. The molecular formula is C26H33Cl2N5O4S. The molecule has 2 atom stereocenters. The van der Waals surface area contributed by atoms with E-state index in [0.717, 1.165) is 11.3 Å². The van der Waals surface area contributed by atoms with Crippen molar-refractivity contribution >= 4 is 50.9 Å². The topological polar surface area (TPSA) is 84.5 Å². The third kappa shape index (κ3) is 6.03. The van der Waals surface area contributed by atoms with Crippen molar-refractivity contribution in [2.45, 2.75) is 12.0 Å². The molecule has 4 rings (SSSR count). The van der Waals surface area contributed by atoms with Gasteiger partial charge < -0.3 is 19.6 Å². The zero-order valence-electron chi connectivity index (χ0n) is 22.0. The monoisotopic (exact) mass is 581 g/mol. The van der Waals surface area contributed by atoms with Crippen molar-refractivity contribution in [3.05, 3.63) is 63.6 Å². The standard InChI is InChI=1S/C26H33Cl2N5O4S/c1-29(2)20-8-5-18(6-9-20)25(34)30(3)24-17-32(16-21(24)19-7-10-22(27)23(28)15-19)26(35)31-11-13-33(14-12-31)38(4,36)37/h5-10,15,21,24H,11-14,16-17H2,1-4H3/t21-,24+/m0/s1. The van der Waals surface area contributed by atoms with Gasteiger partial charge in [-0.2, -0.15) is 4.31 Å². The number of carbonyl (C=O) groups is 2. The Labute approximate surface area is 234 Å². The predicted octanol–water partition coefficient (Wildman–Crippen LogP) is 3.30. The molecule has 0 N–H and O–H groups in total. The average molecular weight is 583 g/mol. The van der Waals surface area contributed by atoms with Gasteiger partial charge in [0.05, 0.1) is 22.3 Å². The van der Waals surface area contributed by atoms with Crippen LogP contribution in [0.2, 0.25) is 10.0 Å².